The van der Waals surface area contributed by atoms with E-state index in [0.29, 0.717) is 23.6 Å². The number of nitrogens with zero attached hydrogens (tertiary/aromatic N) is 1. The first kappa shape index (κ1) is 23.0. The number of benzene rings is 1. The molecule has 0 bridgehead atoms. The van der Waals surface area contributed by atoms with Crippen LogP contribution in [0.25, 0.3) is 0 Å². The average Bonchev–Trinajstić information content (AvgIpc) is 2.99. The van der Waals surface area contributed by atoms with E-state index in [4.69, 9.17) is 22.1 Å². The Morgan fingerprint density at radius 3 is 2.59 bits per heavy atom. The maximum atomic E-state index is 12.4. The number of urea groups is 1. The number of hydrogen-bond acceptors (Lipinski definition) is 6. The molecule has 0 spiro atoms. The summed E-state index contributed by atoms with van der Waals surface area (Å²) in [6.07, 6.45) is 0.0941. The molecule has 1 aromatic rings. The van der Waals surface area contributed by atoms with Crippen LogP contribution in [0.15, 0.2) is 24.3 Å². The number of rotatable bonds is 8. The van der Waals surface area contributed by atoms with Crippen molar-refractivity contribution in [2.24, 2.45) is 5.73 Å². The van der Waals surface area contributed by atoms with Crippen LogP contribution in [0, 0.1) is 0 Å². The highest BCUT2D eigenvalue weighted by Gasteiger charge is 2.34. The quantitative estimate of drug-likeness (QED) is 0.573. The van der Waals surface area contributed by atoms with E-state index >= 15 is 0 Å². The molecule has 2 unspecified atom stereocenters. The van der Waals surface area contributed by atoms with Crippen molar-refractivity contribution in [2.75, 3.05) is 24.7 Å². The van der Waals surface area contributed by atoms with Gasteiger partial charge in [-0.15, -0.1) is 0 Å². The molecule has 0 saturated carbocycles. The summed E-state index contributed by atoms with van der Waals surface area (Å²) in [5.41, 5.74) is 5.66. The number of likely N-dealkylation sites (N-methyl/N-ethyl adjacent to an activating group) is 1. The van der Waals surface area contributed by atoms with E-state index in [0.717, 1.165) is 0 Å². The monoisotopic (exact) mass is 445 g/mol. The topological polar surface area (TPSA) is 136 Å². The second-order valence-electron chi connectivity index (χ2n) is 6.68. The van der Waals surface area contributed by atoms with Crippen molar-refractivity contribution < 1.29 is 27.5 Å². The summed E-state index contributed by atoms with van der Waals surface area (Å²) < 4.78 is 28.3. The van der Waals surface area contributed by atoms with Crippen LogP contribution in [0.4, 0.5) is 4.79 Å². The molecule has 0 aliphatic carbocycles. The molecule has 1 aliphatic heterocycles. The number of ether oxygens (including phenoxy) is 1. The molecular weight excluding hydrogens is 422 g/mol. The number of hydrogen-bond donors (Lipinski definition) is 2. The minimum Gasteiger partial charge on any atom is -0.455 e. The third kappa shape index (κ3) is 6.60. The van der Waals surface area contributed by atoms with E-state index in [-0.39, 0.29) is 17.9 Å². The minimum absolute atomic E-state index is 0.0412. The molecule has 1 aliphatic rings. The van der Waals surface area contributed by atoms with Gasteiger partial charge in [-0.25, -0.2) is 13.2 Å². The van der Waals surface area contributed by atoms with Gasteiger partial charge in [-0.05, 0) is 25.0 Å². The molecule has 1 heterocycles. The van der Waals surface area contributed by atoms with E-state index in [9.17, 15) is 22.8 Å². The van der Waals surface area contributed by atoms with Crippen LogP contribution < -0.4 is 11.1 Å². The molecule has 1 aromatic carbocycles. The van der Waals surface area contributed by atoms with E-state index < -0.39 is 46.4 Å². The van der Waals surface area contributed by atoms with Crippen molar-refractivity contribution in [1.29, 1.82) is 0 Å². The van der Waals surface area contributed by atoms with E-state index in [2.05, 4.69) is 5.32 Å². The maximum absolute atomic E-state index is 12.4. The number of esters is 1. The van der Waals surface area contributed by atoms with Gasteiger partial charge >= 0.3 is 12.0 Å². The third-order valence-electron chi connectivity index (χ3n) is 4.63. The summed E-state index contributed by atoms with van der Waals surface area (Å²) >= 11 is 6.12. The Morgan fingerprint density at radius 2 is 2.03 bits per heavy atom. The molecular formula is C18H24ClN3O6S. The Balaban J connectivity index is 1.96. The van der Waals surface area contributed by atoms with Crippen LogP contribution in [0.3, 0.4) is 0 Å². The van der Waals surface area contributed by atoms with Crippen LogP contribution in [-0.2, 0) is 24.2 Å². The molecule has 29 heavy (non-hydrogen) atoms. The SMILES string of the molecule is CCN(C(=O)COC(=O)CC(NC(N)=O)c1ccccc1Cl)C1CCS(=O)(=O)C1. The van der Waals surface area contributed by atoms with Gasteiger partial charge in [0.05, 0.1) is 24.0 Å². The van der Waals surface area contributed by atoms with Crippen LogP contribution in [0.5, 0.6) is 0 Å². The lowest BCUT2D eigenvalue weighted by molar-refractivity contribution is -0.153. The zero-order valence-corrected chi connectivity index (χ0v) is 17.5. The number of sulfone groups is 1. The number of nitrogens with two attached hydrogens (primary N) is 1. The van der Waals surface area contributed by atoms with Gasteiger partial charge in [-0.1, -0.05) is 29.8 Å². The molecule has 2 rings (SSSR count). The average molecular weight is 446 g/mol. The third-order valence-corrected chi connectivity index (χ3v) is 6.73. The van der Waals surface area contributed by atoms with Gasteiger partial charge in [0, 0.05) is 17.6 Å². The van der Waals surface area contributed by atoms with E-state index in [1.165, 1.54) is 4.90 Å². The van der Waals surface area contributed by atoms with Crippen molar-refractivity contribution in [3.8, 4) is 0 Å². The van der Waals surface area contributed by atoms with E-state index in [1.54, 1.807) is 31.2 Å². The molecule has 0 radical (unpaired) electrons. The largest absolute Gasteiger partial charge is 0.455 e. The number of carbonyl (C=O) groups excluding carboxylic acids is 3. The number of carbonyl (C=O) groups is 3. The first-order valence-electron chi connectivity index (χ1n) is 9.09. The highest BCUT2D eigenvalue weighted by atomic mass is 35.5. The lowest BCUT2D eigenvalue weighted by atomic mass is 10.0. The Hall–Kier alpha value is -2.33. The fraction of sp³-hybridized carbons (Fsp3) is 0.500. The van der Waals surface area contributed by atoms with Crippen LogP contribution >= 0.6 is 11.6 Å². The van der Waals surface area contributed by atoms with Crippen molar-refractivity contribution in [3.63, 3.8) is 0 Å². The lowest BCUT2D eigenvalue weighted by Gasteiger charge is -2.26. The maximum Gasteiger partial charge on any atom is 0.312 e. The van der Waals surface area contributed by atoms with Gasteiger partial charge in [0.2, 0.25) is 0 Å². The number of primary amides is 1. The van der Waals surface area contributed by atoms with Gasteiger partial charge in [0.25, 0.3) is 5.91 Å². The van der Waals surface area contributed by atoms with Crippen LogP contribution in [0.1, 0.15) is 31.4 Å². The summed E-state index contributed by atoms with van der Waals surface area (Å²) in [6.45, 7) is 1.52. The normalized spacial score (nSPS) is 18.6. The molecule has 160 valence electrons. The smallest absolute Gasteiger partial charge is 0.312 e. The van der Waals surface area contributed by atoms with Crippen molar-refractivity contribution >= 4 is 39.3 Å². The summed E-state index contributed by atoms with van der Waals surface area (Å²) in [5, 5.41) is 2.78. The first-order valence-corrected chi connectivity index (χ1v) is 11.3. The van der Waals surface area contributed by atoms with Crippen molar-refractivity contribution in [1.82, 2.24) is 10.2 Å². The molecule has 2 atom stereocenters. The number of halogens is 1. The van der Waals surface area contributed by atoms with Crippen LogP contribution in [0.2, 0.25) is 5.02 Å². The summed E-state index contributed by atoms with van der Waals surface area (Å²) in [7, 11) is -3.14. The van der Waals surface area contributed by atoms with Gasteiger partial charge in [-0.2, -0.15) is 0 Å². The number of nitrogens with one attached hydrogen (secondary N) is 1. The minimum atomic E-state index is -3.14. The summed E-state index contributed by atoms with van der Waals surface area (Å²) in [5.74, 6) is -1.25. The molecule has 9 nitrogen and oxygen atoms in total. The Kier molecular flexibility index (Phi) is 7.86. The highest BCUT2D eigenvalue weighted by Crippen LogP contribution is 2.25. The Bertz CT molecular complexity index is 876. The zero-order chi connectivity index (χ0) is 21.6. The molecule has 1 fully saturated rings. The predicted molar refractivity (Wildman–Crippen MR) is 107 cm³/mol. The van der Waals surface area contributed by atoms with Gasteiger partial charge in [-0.3, -0.25) is 9.59 Å². The first-order chi connectivity index (χ1) is 13.6. The summed E-state index contributed by atoms with van der Waals surface area (Å²) in [6, 6.07) is 4.58. The second-order valence-corrected chi connectivity index (χ2v) is 9.32. The number of amides is 3. The molecule has 11 heteroatoms. The highest BCUT2D eigenvalue weighted by molar-refractivity contribution is 7.91. The molecule has 3 amide bonds. The van der Waals surface area contributed by atoms with Crippen molar-refractivity contribution in [3.05, 3.63) is 34.9 Å². The predicted octanol–water partition coefficient (Wildman–Crippen LogP) is 1.02. The molecule has 0 aromatic heterocycles. The molecule has 1 saturated heterocycles. The Labute approximate surface area is 174 Å². The van der Waals surface area contributed by atoms with Gasteiger partial charge in [0.1, 0.15) is 0 Å². The van der Waals surface area contributed by atoms with Crippen molar-refractivity contribution in [2.45, 2.75) is 31.8 Å². The lowest BCUT2D eigenvalue weighted by Crippen LogP contribution is -2.43. The Morgan fingerprint density at radius 1 is 1.34 bits per heavy atom. The van der Waals surface area contributed by atoms with Gasteiger partial charge in [0.15, 0.2) is 16.4 Å². The standard InChI is InChI=1S/C18H24ClN3O6S/c1-2-22(12-7-8-29(26,27)11-12)16(23)10-28-17(24)9-15(21-18(20)25)13-5-3-4-6-14(13)19/h3-6,12,15H,2,7-11H2,1H3,(H3,20,21,25). The van der Waals surface area contributed by atoms with E-state index in [1.807, 2.05) is 0 Å². The summed E-state index contributed by atoms with van der Waals surface area (Å²) in [4.78, 5) is 37.3. The fourth-order valence-electron chi connectivity index (χ4n) is 3.28. The zero-order valence-electron chi connectivity index (χ0n) is 16.0. The fourth-order valence-corrected chi connectivity index (χ4v) is 5.28. The van der Waals surface area contributed by atoms with Gasteiger partial charge < -0.3 is 20.7 Å². The molecule has 3 N–H and O–H groups in total. The van der Waals surface area contributed by atoms with Crippen LogP contribution in [-0.4, -0.2) is 61.9 Å². The second kappa shape index (κ2) is 9.93.